The molecular formula is C23H21N3O3S2. The molecule has 0 aliphatic heterocycles. The minimum atomic E-state index is -0.398. The number of rotatable bonds is 7. The zero-order valence-electron chi connectivity index (χ0n) is 17.2. The maximum absolute atomic E-state index is 12.8. The van der Waals surface area contributed by atoms with Gasteiger partial charge in [-0.25, -0.2) is 14.8 Å². The third kappa shape index (κ3) is 4.81. The molecule has 0 aliphatic rings. The number of amides is 1. The summed E-state index contributed by atoms with van der Waals surface area (Å²) in [4.78, 5) is 35.1. The second kappa shape index (κ2) is 9.36. The van der Waals surface area contributed by atoms with Crippen molar-refractivity contribution >= 4 is 49.9 Å². The fourth-order valence-electron chi connectivity index (χ4n) is 3.23. The lowest BCUT2D eigenvalue weighted by atomic mass is 10.1. The number of thiazole rings is 2. The van der Waals surface area contributed by atoms with E-state index in [1.807, 2.05) is 49.4 Å². The lowest BCUT2D eigenvalue weighted by molar-refractivity contribution is -0.116. The summed E-state index contributed by atoms with van der Waals surface area (Å²) in [7, 11) is 0. The smallest absolute Gasteiger partial charge is 0.338 e. The van der Waals surface area contributed by atoms with Gasteiger partial charge in [0.25, 0.3) is 0 Å². The normalized spacial score (nSPS) is 10.9. The molecular weight excluding hydrogens is 430 g/mol. The van der Waals surface area contributed by atoms with Crippen molar-refractivity contribution in [3.8, 4) is 0 Å². The minimum absolute atomic E-state index is 0.0558. The number of para-hydroxylation sites is 1. The molecule has 0 atom stereocenters. The summed E-state index contributed by atoms with van der Waals surface area (Å²) in [6.45, 7) is 4.00. The summed E-state index contributed by atoms with van der Waals surface area (Å²) in [6, 6.07) is 15.4. The quantitative estimate of drug-likeness (QED) is 0.367. The van der Waals surface area contributed by atoms with Gasteiger partial charge in [0, 0.05) is 25.3 Å². The second-order valence-corrected chi connectivity index (χ2v) is 8.82. The Morgan fingerprint density at radius 3 is 2.61 bits per heavy atom. The average molecular weight is 452 g/mol. The van der Waals surface area contributed by atoms with Crippen LogP contribution in [0, 0.1) is 0 Å². The van der Waals surface area contributed by atoms with Crippen molar-refractivity contribution < 1.29 is 14.3 Å². The Balaban J connectivity index is 1.46. The number of ether oxygens (including phenoxy) is 1. The summed E-state index contributed by atoms with van der Waals surface area (Å²) in [5.41, 5.74) is 2.99. The zero-order chi connectivity index (χ0) is 21.8. The van der Waals surface area contributed by atoms with Gasteiger partial charge in [-0.3, -0.25) is 9.69 Å². The highest BCUT2D eigenvalue weighted by Gasteiger charge is 2.17. The van der Waals surface area contributed by atoms with Gasteiger partial charge in [0.15, 0.2) is 5.13 Å². The van der Waals surface area contributed by atoms with E-state index in [4.69, 9.17) is 4.74 Å². The van der Waals surface area contributed by atoms with Gasteiger partial charge in [-0.15, -0.1) is 22.7 Å². The van der Waals surface area contributed by atoms with E-state index in [0.29, 0.717) is 29.4 Å². The molecule has 0 bridgehead atoms. The Kier molecular flexibility index (Phi) is 6.39. The SMILES string of the molecule is CCN(C(C)=O)c1nc(COC(=O)c2ccccc2Cc2nc3ccccc3s2)cs1. The van der Waals surface area contributed by atoms with Crippen LogP contribution in [0.4, 0.5) is 5.13 Å². The molecule has 0 saturated heterocycles. The van der Waals surface area contributed by atoms with E-state index in [2.05, 4.69) is 9.97 Å². The number of aromatic nitrogens is 2. The number of benzene rings is 2. The molecule has 0 unspecified atom stereocenters. The summed E-state index contributed by atoms with van der Waals surface area (Å²) in [5.74, 6) is -0.464. The van der Waals surface area contributed by atoms with Gasteiger partial charge in [-0.1, -0.05) is 30.3 Å². The van der Waals surface area contributed by atoms with Gasteiger partial charge in [0.1, 0.15) is 6.61 Å². The number of hydrogen-bond acceptors (Lipinski definition) is 7. The summed E-state index contributed by atoms with van der Waals surface area (Å²) in [6.07, 6.45) is 0.565. The predicted molar refractivity (Wildman–Crippen MR) is 124 cm³/mol. The zero-order valence-corrected chi connectivity index (χ0v) is 18.8. The van der Waals surface area contributed by atoms with Gasteiger partial charge in [-0.2, -0.15) is 0 Å². The van der Waals surface area contributed by atoms with Crippen LogP contribution in [0.3, 0.4) is 0 Å². The highest BCUT2D eigenvalue weighted by molar-refractivity contribution is 7.18. The Hall–Kier alpha value is -3.10. The van der Waals surface area contributed by atoms with E-state index in [0.717, 1.165) is 20.8 Å². The van der Waals surface area contributed by atoms with Crippen molar-refractivity contribution in [3.05, 3.63) is 75.7 Å². The predicted octanol–water partition coefficient (Wildman–Crippen LogP) is 5.07. The van der Waals surface area contributed by atoms with E-state index >= 15 is 0 Å². The highest BCUT2D eigenvalue weighted by Crippen LogP contribution is 2.25. The van der Waals surface area contributed by atoms with Gasteiger partial charge in [0.2, 0.25) is 5.91 Å². The molecule has 2 aromatic heterocycles. The molecule has 0 N–H and O–H groups in total. The lowest BCUT2D eigenvalue weighted by Gasteiger charge is -2.14. The summed E-state index contributed by atoms with van der Waals surface area (Å²) < 4.78 is 6.65. The molecule has 1 amide bonds. The summed E-state index contributed by atoms with van der Waals surface area (Å²) in [5, 5.41) is 3.37. The van der Waals surface area contributed by atoms with Crippen molar-refractivity contribution in [2.45, 2.75) is 26.9 Å². The molecule has 158 valence electrons. The molecule has 0 fully saturated rings. The lowest BCUT2D eigenvalue weighted by Crippen LogP contribution is -2.27. The largest absolute Gasteiger partial charge is 0.456 e. The van der Waals surface area contributed by atoms with Crippen LogP contribution in [0.2, 0.25) is 0 Å². The van der Waals surface area contributed by atoms with Crippen LogP contribution in [0.15, 0.2) is 53.9 Å². The molecule has 0 spiro atoms. The molecule has 6 nitrogen and oxygen atoms in total. The second-order valence-electron chi connectivity index (χ2n) is 6.87. The molecule has 2 heterocycles. The first-order valence-electron chi connectivity index (χ1n) is 9.87. The Labute approximate surface area is 188 Å². The molecule has 0 radical (unpaired) electrons. The van der Waals surface area contributed by atoms with Crippen molar-refractivity contribution in [2.24, 2.45) is 0 Å². The third-order valence-electron chi connectivity index (χ3n) is 4.74. The molecule has 0 saturated carbocycles. The maximum Gasteiger partial charge on any atom is 0.338 e. The Morgan fingerprint density at radius 1 is 1.06 bits per heavy atom. The fraction of sp³-hybridized carbons (Fsp3) is 0.217. The van der Waals surface area contributed by atoms with Crippen molar-refractivity contribution in [2.75, 3.05) is 11.4 Å². The highest BCUT2D eigenvalue weighted by atomic mass is 32.1. The van der Waals surface area contributed by atoms with Crippen molar-refractivity contribution in [3.63, 3.8) is 0 Å². The minimum Gasteiger partial charge on any atom is -0.456 e. The van der Waals surface area contributed by atoms with Crippen LogP contribution in [0.25, 0.3) is 10.2 Å². The van der Waals surface area contributed by atoms with E-state index in [1.165, 1.54) is 18.3 Å². The first-order chi connectivity index (χ1) is 15.0. The first-order valence-corrected chi connectivity index (χ1v) is 11.6. The van der Waals surface area contributed by atoms with Crippen LogP contribution in [-0.2, 0) is 22.6 Å². The number of hydrogen-bond donors (Lipinski definition) is 0. The van der Waals surface area contributed by atoms with E-state index in [9.17, 15) is 9.59 Å². The number of anilines is 1. The topological polar surface area (TPSA) is 72.4 Å². The van der Waals surface area contributed by atoms with Crippen LogP contribution in [-0.4, -0.2) is 28.4 Å². The van der Waals surface area contributed by atoms with E-state index in [1.54, 1.807) is 27.7 Å². The standard InChI is InChI=1S/C23H21N3O3S2/c1-3-26(15(2)27)23-24-17(14-30-23)13-29-22(28)18-9-5-4-8-16(18)12-21-25-19-10-6-7-11-20(19)31-21/h4-11,14H,3,12-13H2,1-2H3. The fourth-order valence-corrected chi connectivity index (χ4v) is 5.14. The molecule has 0 aliphatic carbocycles. The Bertz CT molecular complexity index is 1200. The molecule has 4 rings (SSSR count). The molecule has 4 aromatic rings. The van der Waals surface area contributed by atoms with Gasteiger partial charge in [0.05, 0.1) is 26.5 Å². The number of nitrogens with zero attached hydrogens (tertiary/aromatic N) is 3. The molecule has 31 heavy (non-hydrogen) atoms. The molecule has 2 aromatic carbocycles. The Morgan fingerprint density at radius 2 is 1.84 bits per heavy atom. The number of fused-ring (bicyclic) bond motifs is 1. The average Bonchev–Trinajstić information content (AvgIpc) is 3.39. The monoisotopic (exact) mass is 451 g/mol. The van der Waals surface area contributed by atoms with Crippen LogP contribution in [0.5, 0.6) is 0 Å². The molecule has 8 heteroatoms. The third-order valence-corrected chi connectivity index (χ3v) is 6.68. The van der Waals surface area contributed by atoms with E-state index in [-0.39, 0.29) is 12.5 Å². The van der Waals surface area contributed by atoms with Crippen molar-refractivity contribution in [1.82, 2.24) is 9.97 Å². The maximum atomic E-state index is 12.8. The van der Waals surface area contributed by atoms with Crippen molar-refractivity contribution in [1.29, 1.82) is 0 Å². The van der Waals surface area contributed by atoms with Crippen LogP contribution < -0.4 is 4.90 Å². The van der Waals surface area contributed by atoms with Gasteiger partial charge < -0.3 is 4.74 Å². The van der Waals surface area contributed by atoms with E-state index < -0.39 is 5.97 Å². The number of carbonyl (C=O) groups is 2. The number of carbonyl (C=O) groups excluding carboxylic acids is 2. The van der Waals surface area contributed by atoms with Crippen LogP contribution >= 0.6 is 22.7 Å². The first kappa shape index (κ1) is 21.1. The van der Waals surface area contributed by atoms with Crippen LogP contribution in [0.1, 0.15) is 40.5 Å². The van der Waals surface area contributed by atoms with Gasteiger partial charge in [-0.05, 0) is 30.7 Å². The van der Waals surface area contributed by atoms with Gasteiger partial charge >= 0.3 is 5.97 Å². The number of esters is 1. The summed E-state index contributed by atoms with van der Waals surface area (Å²) >= 11 is 2.99.